The first-order valence-electron chi connectivity index (χ1n) is 5.81. The summed E-state index contributed by atoms with van der Waals surface area (Å²) in [5.74, 6) is -0.792. The molecule has 0 amide bonds. The largest absolute Gasteiger partial charge is 0.481 e. The van der Waals surface area contributed by atoms with Crippen molar-refractivity contribution in [1.29, 1.82) is 0 Å². The molecule has 0 aliphatic heterocycles. The fourth-order valence-electron chi connectivity index (χ4n) is 2.07. The van der Waals surface area contributed by atoms with Crippen molar-refractivity contribution < 1.29 is 9.90 Å². The Hall–Kier alpha value is -1.94. The van der Waals surface area contributed by atoms with Crippen LogP contribution in [0.2, 0.25) is 0 Å². The van der Waals surface area contributed by atoms with Crippen molar-refractivity contribution in [2.24, 2.45) is 0 Å². The molecule has 2 rings (SSSR count). The summed E-state index contributed by atoms with van der Waals surface area (Å²) in [5, 5.41) is 10.0. The quantitative estimate of drug-likeness (QED) is 0.896. The monoisotopic (exact) mass is 244 g/mol. The molecule has 1 atom stereocenters. The Balaban J connectivity index is 2.41. The molecule has 0 aliphatic carbocycles. The zero-order valence-corrected chi connectivity index (χ0v) is 10.5. The van der Waals surface area contributed by atoms with Crippen LogP contribution in [0.1, 0.15) is 18.0 Å². The lowest BCUT2D eigenvalue weighted by molar-refractivity contribution is -0.138. The van der Waals surface area contributed by atoms with Gasteiger partial charge in [-0.15, -0.1) is 0 Å². The van der Waals surface area contributed by atoms with Crippen LogP contribution in [0.4, 0.5) is 0 Å². The second-order valence-electron chi connectivity index (χ2n) is 4.53. The number of rotatable bonds is 4. The molecule has 1 heterocycles. The number of benzene rings is 1. The van der Waals surface area contributed by atoms with Gasteiger partial charge in [0.1, 0.15) is 0 Å². The highest BCUT2D eigenvalue weighted by molar-refractivity contribution is 5.79. The Bertz CT molecular complexity index is 566. The molecule has 2 aromatic rings. The van der Waals surface area contributed by atoms with Gasteiger partial charge in [0.05, 0.1) is 11.9 Å². The first kappa shape index (κ1) is 12.5. The Kier molecular flexibility index (Phi) is 3.58. The zero-order chi connectivity index (χ0) is 13.1. The predicted octanol–water partition coefficient (Wildman–Crippen LogP) is 2.31. The number of aliphatic carboxylic acids is 1. The smallest absolute Gasteiger partial charge is 0.305 e. The van der Waals surface area contributed by atoms with Crippen LogP contribution in [0.3, 0.4) is 0 Å². The minimum Gasteiger partial charge on any atom is -0.481 e. The van der Waals surface area contributed by atoms with E-state index in [9.17, 15) is 4.79 Å². The lowest BCUT2D eigenvalue weighted by Crippen LogP contribution is -2.22. The van der Waals surface area contributed by atoms with Gasteiger partial charge >= 0.3 is 5.97 Å². The average Bonchev–Trinajstić information content (AvgIpc) is 2.35. The minimum absolute atomic E-state index is 0.0960. The molecule has 0 spiro atoms. The van der Waals surface area contributed by atoms with Gasteiger partial charge in [-0.05, 0) is 37.9 Å². The molecule has 0 aliphatic rings. The molecule has 0 saturated heterocycles. The van der Waals surface area contributed by atoms with Crippen molar-refractivity contribution in [3.8, 4) is 0 Å². The first-order chi connectivity index (χ1) is 8.58. The maximum Gasteiger partial charge on any atom is 0.305 e. The number of nitrogens with zero attached hydrogens (tertiary/aromatic N) is 2. The topological polar surface area (TPSA) is 53.4 Å². The molecule has 18 heavy (non-hydrogen) atoms. The van der Waals surface area contributed by atoms with Gasteiger partial charge < -0.3 is 10.0 Å². The van der Waals surface area contributed by atoms with Crippen LogP contribution >= 0.6 is 0 Å². The molecule has 1 unspecified atom stereocenters. The van der Waals surface area contributed by atoms with E-state index >= 15 is 0 Å². The molecule has 0 fully saturated rings. The van der Waals surface area contributed by atoms with Gasteiger partial charge in [0.25, 0.3) is 0 Å². The Morgan fingerprint density at radius 2 is 2.17 bits per heavy atom. The molecular weight excluding hydrogens is 228 g/mol. The van der Waals surface area contributed by atoms with E-state index in [0.29, 0.717) is 0 Å². The van der Waals surface area contributed by atoms with Gasteiger partial charge in [-0.1, -0.05) is 12.1 Å². The van der Waals surface area contributed by atoms with E-state index in [1.54, 1.807) is 6.20 Å². The van der Waals surface area contributed by atoms with E-state index < -0.39 is 5.97 Å². The number of carboxylic acids is 1. The molecule has 1 aromatic carbocycles. The molecule has 0 bridgehead atoms. The summed E-state index contributed by atoms with van der Waals surface area (Å²) in [6.45, 7) is 0. The van der Waals surface area contributed by atoms with Crippen LogP contribution in [0.25, 0.3) is 10.9 Å². The van der Waals surface area contributed by atoms with Crippen molar-refractivity contribution >= 4 is 16.9 Å². The summed E-state index contributed by atoms with van der Waals surface area (Å²) >= 11 is 0. The summed E-state index contributed by atoms with van der Waals surface area (Å²) in [6, 6.07) is 9.64. The molecule has 4 nitrogen and oxygen atoms in total. The normalized spacial score (nSPS) is 12.8. The summed E-state index contributed by atoms with van der Waals surface area (Å²) in [4.78, 5) is 17.1. The van der Waals surface area contributed by atoms with Gasteiger partial charge in [0.2, 0.25) is 0 Å². The van der Waals surface area contributed by atoms with Gasteiger partial charge in [0, 0.05) is 17.6 Å². The van der Waals surface area contributed by atoms with Crippen molar-refractivity contribution in [3.05, 3.63) is 42.1 Å². The van der Waals surface area contributed by atoms with Crippen LogP contribution in [-0.4, -0.2) is 35.1 Å². The number of hydrogen-bond donors (Lipinski definition) is 1. The van der Waals surface area contributed by atoms with Crippen LogP contribution in [-0.2, 0) is 4.79 Å². The van der Waals surface area contributed by atoms with Crippen LogP contribution < -0.4 is 0 Å². The van der Waals surface area contributed by atoms with Crippen LogP contribution in [0, 0.1) is 0 Å². The molecule has 4 heteroatoms. The van der Waals surface area contributed by atoms with Crippen molar-refractivity contribution in [1.82, 2.24) is 9.88 Å². The van der Waals surface area contributed by atoms with Gasteiger partial charge in [-0.2, -0.15) is 0 Å². The second kappa shape index (κ2) is 5.14. The lowest BCUT2D eigenvalue weighted by Gasteiger charge is -2.23. The van der Waals surface area contributed by atoms with Gasteiger partial charge in [0.15, 0.2) is 0 Å². The fourth-order valence-corrected chi connectivity index (χ4v) is 2.07. The van der Waals surface area contributed by atoms with E-state index in [0.717, 1.165) is 16.5 Å². The molecule has 1 N–H and O–H groups in total. The van der Waals surface area contributed by atoms with Crippen molar-refractivity contribution in [2.45, 2.75) is 12.5 Å². The highest BCUT2D eigenvalue weighted by atomic mass is 16.4. The summed E-state index contributed by atoms with van der Waals surface area (Å²) in [6.07, 6.45) is 1.85. The Labute approximate surface area is 106 Å². The van der Waals surface area contributed by atoms with E-state index in [-0.39, 0.29) is 12.5 Å². The molecule has 0 radical (unpaired) electrons. The van der Waals surface area contributed by atoms with E-state index in [1.165, 1.54) is 0 Å². The maximum absolute atomic E-state index is 10.9. The molecular formula is C14H16N2O2. The highest BCUT2D eigenvalue weighted by Crippen LogP contribution is 2.25. The molecule has 94 valence electrons. The Morgan fingerprint density at radius 1 is 1.39 bits per heavy atom. The number of carboxylic acid groups (broad SMARTS) is 1. The van der Waals surface area contributed by atoms with Gasteiger partial charge in [-0.3, -0.25) is 9.78 Å². The number of fused-ring (bicyclic) bond motifs is 1. The third kappa shape index (κ3) is 2.65. The van der Waals surface area contributed by atoms with Crippen LogP contribution in [0.5, 0.6) is 0 Å². The van der Waals surface area contributed by atoms with E-state index in [1.807, 2.05) is 49.3 Å². The number of carbonyl (C=O) groups is 1. The second-order valence-corrected chi connectivity index (χ2v) is 4.53. The minimum atomic E-state index is -0.792. The van der Waals surface area contributed by atoms with Crippen LogP contribution in [0.15, 0.2) is 36.5 Å². The number of hydrogen-bond acceptors (Lipinski definition) is 3. The summed E-state index contributed by atoms with van der Waals surface area (Å²) < 4.78 is 0. The third-order valence-electron chi connectivity index (χ3n) is 3.00. The average molecular weight is 244 g/mol. The van der Waals surface area contributed by atoms with Crippen molar-refractivity contribution in [3.63, 3.8) is 0 Å². The molecule has 1 aromatic heterocycles. The van der Waals surface area contributed by atoms with Crippen molar-refractivity contribution in [2.75, 3.05) is 14.1 Å². The lowest BCUT2D eigenvalue weighted by atomic mass is 10.0. The van der Waals surface area contributed by atoms with E-state index in [2.05, 4.69) is 4.98 Å². The fraction of sp³-hybridized carbons (Fsp3) is 0.286. The van der Waals surface area contributed by atoms with Gasteiger partial charge in [-0.25, -0.2) is 0 Å². The standard InChI is InChI=1S/C14H16N2O2/c1-16(2)13(9-14(17)18)11-5-6-12-10(8-11)4-3-7-15-12/h3-8,13H,9H2,1-2H3,(H,17,18). The highest BCUT2D eigenvalue weighted by Gasteiger charge is 2.17. The zero-order valence-electron chi connectivity index (χ0n) is 10.5. The first-order valence-corrected chi connectivity index (χ1v) is 5.81. The third-order valence-corrected chi connectivity index (χ3v) is 3.00. The van der Waals surface area contributed by atoms with E-state index in [4.69, 9.17) is 5.11 Å². The number of aromatic nitrogens is 1. The molecule has 0 saturated carbocycles. The summed E-state index contributed by atoms with van der Waals surface area (Å²) in [7, 11) is 3.78. The predicted molar refractivity (Wildman–Crippen MR) is 70.4 cm³/mol. The summed E-state index contributed by atoms with van der Waals surface area (Å²) in [5.41, 5.74) is 1.93. The SMILES string of the molecule is CN(C)C(CC(=O)O)c1ccc2ncccc2c1. The maximum atomic E-state index is 10.9. The number of pyridine rings is 1. The Morgan fingerprint density at radius 3 is 2.83 bits per heavy atom.